The second kappa shape index (κ2) is 5.54. The lowest BCUT2D eigenvalue weighted by Crippen LogP contribution is -2.17. The Morgan fingerprint density at radius 2 is 2.00 bits per heavy atom. The van der Waals surface area contributed by atoms with Crippen LogP contribution < -0.4 is 5.32 Å². The van der Waals surface area contributed by atoms with Gasteiger partial charge in [0.25, 0.3) is 0 Å². The van der Waals surface area contributed by atoms with Gasteiger partial charge >= 0.3 is 0 Å². The molecule has 2 nitrogen and oxygen atoms in total. The molecule has 0 fully saturated rings. The van der Waals surface area contributed by atoms with E-state index < -0.39 is 11.6 Å². The molecule has 0 amide bonds. The van der Waals surface area contributed by atoms with Gasteiger partial charge < -0.3 is 5.32 Å². The number of aromatic nitrogens is 1. The highest BCUT2D eigenvalue weighted by molar-refractivity contribution is 7.13. The standard InChI is InChI=1S/C13H14F2N2S/c1-3-16-8(2)11-7-18-13(17-11)12-9(14)5-4-6-10(12)15/h4-8,16H,3H2,1-2H3. The first-order chi connectivity index (χ1) is 8.63. The maximum absolute atomic E-state index is 13.6. The molecule has 1 aromatic carbocycles. The molecule has 5 heteroatoms. The number of hydrogen-bond donors (Lipinski definition) is 1. The monoisotopic (exact) mass is 268 g/mol. The number of benzene rings is 1. The average molecular weight is 268 g/mol. The zero-order valence-electron chi connectivity index (χ0n) is 10.2. The van der Waals surface area contributed by atoms with Gasteiger partial charge in [-0.25, -0.2) is 13.8 Å². The van der Waals surface area contributed by atoms with Gasteiger partial charge in [0.15, 0.2) is 0 Å². The zero-order chi connectivity index (χ0) is 13.1. The van der Waals surface area contributed by atoms with Crippen LogP contribution in [-0.2, 0) is 0 Å². The van der Waals surface area contributed by atoms with E-state index in [2.05, 4.69) is 10.3 Å². The van der Waals surface area contributed by atoms with Crippen LogP contribution in [0.15, 0.2) is 23.6 Å². The van der Waals surface area contributed by atoms with Crippen molar-refractivity contribution < 1.29 is 8.78 Å². The van der Waals surface area contributed by atoms with Gasteiger partial charge in [0.05, 0.1) is 11.3 Å². The zero-order valence-corrected chi connectivity index (χ0v) is 11.0. The van der Waals surface area contributed by atoms with E-state index in [0.29, 0.717) is 5.01 Å². The van der Waals surface area contributed by atoms with E-state index >= 15 is 0 Å². The van der Waals surface area contributed by atoms with Crippen molar-refractivity contribution in [3.8, 4) is 10.6 Å². The fraction of sp³-hybridized carbons (Fsp3) is 0.308. The fourth-order valence-electron chi connectivity index (χ4n) is 1.71. The summed E-state index contributed by atoms with van der Waals surface area (Å²) in [5.74, 6) is -1.15. The molecule has 2 rings (SSSR count). The Morgan fingerprint density at radius 3 is 2.61 bits per heavy atom. The Morgan fingerprint density at radius 1 is 1.33 bits per heavy atom. The molecule has 0 aliphatic carbocycles. The Labute approximate surface area is 109 Å². The maximum atomic E-state index is 13.6. The van der Waals surface area contributed by atoms with Crippen LogP contribution in [-0.4, -0.2) is 11.5 Å². The summed E-state index contributed by atoms with van der Waals surface area (Å²) in [5, 5.41) is 5.42. The Kier molecular flexibility index (Phi) is 4.04. The highest BCUT2D eigenvalue weighted by atomic mass is 32.1. The van der Waals surface area contributed by atoms with Gasteiger partial charge in [0.2, 0.25) is 0 Å². The summed E-state index contributed by atoms with van der Waals surface area (Å²) in [7, 11) is 0. The average Bonchev–Trinajstić information content (AvgIpc) is 2.78. The first kappa shape index (κ1) is 13.1. The van der Waals surface area contributed by atoms with Crippen LogP contribution >= 0.6 is 11.3 Å². The second-order valence-corrected chi connectivity index (χ2v) is 4.81. The van der Waals surface area contributed by atoms with E-state index in [-0.39, 0.29) is 11.6 Å². The Bertz CT molecular complexity index is 519. The molecule has 1 unspecified atom stereocenters. The number of hydrogen-bond acceptors (Lipinski definition) is 3. The van der Waals surface area contributed by atoms with Gasteiger partial charge in [-0.3, -0.25) is 0 Å². The van der Waals surface area contributed by atoms with Crippen molar-refractivity contribution >= 4 is 11.3 Å². The lowest BCUT2D eigenvalue weighted by atomic mass is 10.2. The van der Waals surface area contributed by atoms with Crippen LogP contribution in [0.2, 0.25) is 0 Å². The van der Waals surface area contributed by atoms with Crippen molar-refractivity contribution in [1.29, 1.82) is 0 Å². The smallest absolute Gasteiger partial charge is 0.136 e. The number of thiazole rings is 1. The van der Waals surface area contributed by atoms with E-state index in [0.717, 1.165) is 12.2 Å². The minimum absolute atomic E-state index is 0.0440. The molecule has 1 aromatic heterocycles. The van der Waals surface area contributed by atoms with E-state index in [1.807, 2.05) is 19.2 Å². The van der Waals surface area contributed by atoms with Gasteiger partial charge in [0.1, 0.15) is 16.6 Å². The van der Waals surface area contributed by atoms with Crippen molar-refractivity contribution in [1.82, 2.24) is 10.3 Å². The van der Waals surface area contributed by atoms with Crippen molar-refractivity contribution in [2.24, 2.45) is 0 Å². The molecule has 2 aromatic rings. The summed E-state index contributed by atoms with van der Waals surface area (Å²) in [5.41, 5.74) is 0.761. The number of halogens is 2. The van der Waals surface area contributed by atoms with Crippen molar-refractivity contribution in [2.45, 2.75) is 19.9 Å². The first-order valence-corrected chi connectivity index (χ1v) is 6.64. The predicted octanol–water partition coefficient (Wildman–Crippen LogP) is 3.76. The second-order valence-electron chi connectivity index (χ2n) is 3.95. The molecule has 0 radical (unpaired) electrons. The topological polar surface area (TPSA) is 24.9 Å². The summed E-state index contributed by atoms with van der Waals surface area (Å²) >= 11 is 1.25. The molecular formula is C13H14F2N2S. The van der Waals surface area contributed by atoms with Crippen LogP contribution in [0.3, 0.4) is 0 Å². The van der Waals surface area contributed by atoms with Crippen LogP contribution in [0.25, 0.3) is 10.6 Å². The summed E-state index contributed by atoms with van der Waals surface area (Å²) in [6.07, 6.45) is 0. The van der Waals surface area contributed by atoms with Gasteiger partial charge in [-0.2, -0.15) is 0 Å². The molecule has 0 spiro atoms. The molecule has 96 valence electrons. The molecule has 0 saturated carbocycles. The largest absolute Gasteiger partial charge is 0.309 e. The van der Waals surface area contributed by atoms with Crippen LogP contribution in [0, 0.1) is 11.6 Å². The van der Waals surface area contributed by atoms with Crippen LogP contribution in [0.4, 0.5) is 8.78 Å². The third-order valence-electron chi connectivity index (χ3n) is 2.65. The van der Waals surface area contributed by atoms with Crippen molar-refractivity contribution in [3.63, 3.8) is 0 Å². The van der Waals surface area contributed by atoms with E-state index in [1.165, 1.54) is 29.5 Å². The molecule has 18 heavy (non-hydrogen) atoms. The van der Waals surface area contributed by atoms with Gasteiger partial charge in [-0.05, 0) is 25.6 Å². The van der Waals surface area contributed by atoms with Gasteiger partial charge in [-0.1, -0.05) is 13.0 Å². The molecule has 1 N–H and O–H groups in total. The predicted molar refractivity (Wildman–Crippen MR) is 69.6 cm³/mol. The normalized spacial score (nSPS) is 12.7. The Hall–Kier alpha value is -1.33. The molecule has 0 aliphatic rings. The van der Waals surface area contributed by atoms with Crippen LogP contribution in [0.5, 0.6) is 0 Å². The highest BCUT2D eigenvalue weighted by Gasteiger charge is 2.16. The minimum atomic E-state index is -0.577. The summed E-state index contributed by atoms with van der Waals surface area (Å²) in [6, 6.07) is 3.92. The lowest BCUT2D eigenvalue weighted by Gasteiger charge is -2.08. The quantitative estimate of drug-likeness (QED) is 0.913. The van der Waals surface area contributed by atoms with Gasteiger partial charge in [-0.15, -0.1) is 11.3 Å². The third kappa shape index (κ3) is 2.57. The third-order valence-corrected chi connectivity index (χ3v) is 3.53. The molecule has 1 atom stereocenters. The van der Waals surface area contributed by atoms with Crippen molar-refractivity contribution in [3.05, 3.63) is 40.9 Å². The van der Waals surface area contributed by atoms with Gasteiger partial charge in [0, 0.05) is 11.4 Å². The van der Waals surface area contributed by atoms with E-state index in [4.69, 9.17) is 0 Å². The molecular weight excluding hydrogens is 254 g/mol. The molecule has 0 bridgehead atoms. The van der Waals surface area contributed by atoms with Crippen molar-refractivity contribution in [2.75, 3.05) is 6.54 Å². The number of nitrogens with zero attached hydrogens (tertiary/aromatic N) is 1. The fourth-order valence-corrected chi connectivity index (χ4v) is 2.67. The molecule has 1 heterocycles. The van der Waals surface area contributed by atoms with Crippen LogP contribution in [0.1, 0.15) is 25.6 Å². The first-order valence-electron chi connectivity index (χ1n) is 5.76. The molecule has 0 aliphatic heterocycles. The summed E-state index contributed by atoms with van der Waals surface area (Å²) in [6.45, 7) is 4.79. The number of rotatable bonds is 4. The summed E-state index contributed by atoms with van der Waals surface area (Å²) in [4.78, 5) is 4.30. The van der Waals surface area contributed by atoms with E-state index in [9.17, 15) is 8.78 Å². The Balaban J connectivity index is 2.35. The summed E-state index contributed by atoms with van der Waals surface area (Å²) < 4.78 is 27.2. The van der Waals surface area contributed by atoms with E-state index in [1.54, 1.807) is 0 Å². The lowest BCUT2D eigenvalue weighted by molar-refractivity contribution is 0.582. The maximum Gasteiger partial charge on any atom is 0.136 e. The molecule has 0 saturated heterocycles. The SMILES string of the molecule is CCNC(C)c1csc(-c2c(F)cccc2F)n1. The highest BCUT2D eigenvalue weighted by Crippen LogP contribution is 2.30. The minimum Gasteiger partial charge on any atom is -0.309 e. The number of nitrogens with one attached hydrogen (secondary N) is 1.